The van der Waals surface area contributed by atoms with Crippen LogP contribution in [0.1, 0.15) is 25.0 Å². The van der Waals surface area contributed by atoms with E-state index in [1.165, 1.54) is 25.1 Å². The van der Waals surface area contributed by atoms with Crippen molar-refractivity contribution in [2.24, 2.45) is 0 Å². The predicted octanol–water partition coefficient (Wildman–Crippen LogP) is 3.99. The summed E-state index contributed by atoms with van der Waals surface area (Å²) in [6.07, 6.45) is 1.35. The molecule has 1 heterocycles. The number of anilines is 1. The summed E-state index contributed by atoms with van der Waals surface area (Å²) in [7, 11) is -3.55. The smallest absolute Gasteiger partial charge is 0.268 e. The first-order valence-electron chi connectivity index (χ1n) is 10.4. The van der Waals surface area contributed by atoms with Crippen LogP contribution in [0.4, 0.5) is 9.52 Å². The molecule has 0 aliphatic carbocycles. The number of nitriles is 1. The molecule has 0 spiro atoms. The molecule has 0 bridgehead atoms. The number of benzene rings is 2. The van der Waals surface area contributed by atoms with Gasteiger partial charge in [-0.2, -0.15) is 5.26 Å². The molecule has 182 valence electrons. The third kappa shape index (κ3) is 6.84. The Morgan fingerprint density at radius 1 is 1.14 bits per heavy atom. The lowest BCUT2D eigenvalue weighted by Gasteiger charge is -2.13. The summed E-state index contributed by atoms with van der Waals surface area (Å²) in [5.74, 6) is -0.409. The summed E-state index contributed by atoms with van der Waals surface area (Å²) < 4.78 is 48.1. The lowest BCUT2D eigenvalue weighted by Crippen LogP contribution is -2.13. The molecule has 0 unspecified atom stereocenters. The number of halogens is 1. The van der Waals surface area contributed by atoms with Gasteiger partial charge in [0.05, 0.1) is 12.4 Å². The summed E-state index contributed by atoms with van der Waals surface area (Å²) in [4.78, 5) is 12.5. The van der Waals surface area contributed by atoms with Crippen LogP contribution >= 0.6 is 11.3 Å². The van der Waals surface area contributed by atoms with Crippen molar-refractivity contribution in [3.63, 3.8) is 0 Å². The van der Waals surface area contributed by atoms with Crippen LogP contribution in [0.15, 0.2) is 52.4 Å². The Morgan fingerprint density at radius 3 is 2.54 bits per heavy atom. The number of hydrogen-bond acceptors (Lipinski definition) is 9. The fraction of sp³-hybridized carbons (Fsp3) is 0.217. The Kier molecular flexibility index (Phi) is 8.51. The molecule has 9 nitrogen and oxygen atoms in total. The quantitative estimate of drug-likeness (QED) is 0.243. The van der Waals surface area contributed by atoms with Gasteiger partial charge in [-0.15, -0.1) is 10.2 Å². The molecule has 12 heteroatoms. The second-order valence-electron chi connectivity index (χ2n) is 6.95. The first-order valence-corrected chi connectivity index (χ1v) is 12.9. The summed E-state index contributed by atoms with van der Waals surface area (Å²) in [5, 5.41) is 19.1. The normalized spacial score (nSPS) is 11.5. The standard InChI is InChI=1S/C23H21FN4O5S2/c1-3-32-20-12-16(7-10-19(20)33-14-15-5-8-18(24)9-6-15)11-17(13-25)21(29)26-22-27-28-23(34-22)35(30,31)4-2/h5-12H,3-4,14H2,1-2H3,(H,26,27,29). The number of sulfone groups is 1. The zero-order chi connectivity index (χ0) is 25.4. The minimum Gasteiger partial charge on any atom is -0.490 e. The number of aromatic nitrogens is 2. The Labute approximate surface area is 205 Å². The topological polar surface area (TPSA) is 131 Å². The second-order valence-corrected chi connectivity index (χ2v) is 10.4. The van der Waals surface area contributed by atoms with Crippen molar-refractivity contribution in [3.05, 3.63) is 65.0 Å². The number of ether oxygens (including phenoxy) is 2. The average molecular weight is 517 g/mol. The summed E-state index contributed by atoms with van der Waals surface area (Å²) in [6, 6.07) is 12.6. The van der Waals surface area contributed by atoms with E-state index in [4.69, 9.17) is 9.47 Å². The molecule has 1 aromatic heterocycles. The van der Waals surface area contributed by atoms with E-state index in [0.29, 0.717) is 35.0 Å². The molecule has 0 aliphatic heterocycles. The van der Waals surface area contributed by atoms with E-state index in [0.717, 1.165) is 5.56 Å². The first-order chi connectivity index (χ1) is 16.7. The molecule has 0 fully saturated rings. The number of carbonyl (C=O) groups is 1. The SMILES string of the molecule is CCOc1cc(C=C(C#N)C(=O)Nc2nnc(S(=O)(=O)CC)s2)ccc1OCc1ccc(F)cc1. The van der Waals surface area contributed by atoms with Crippen LogP contribution in [0.2, 0.25) is 0 Å². The van der Waals surface area contributed by atoms with Gasteiger partial charge in [0.2, 0.25) is 19.3 Å². The van der Waals surface area contributed by atoms with Crippen molar-refractivity contribution in [1.29, 1.82) is 5.26 Å². The van der Waals surface area contributed by atoms with E-state index >= 15 is 0 Å². The van der Waals surface area contributed by atoms with Gasteiger partial charge in [-0.1, -0.05) is 36.5 Å². The van der Waals surface area contributed by atoms with Crippen LogP contribution < -0.4 is 14.8 Å². The number of rotatable bonds is 10. The van der Waals surface area contributed by atoms with Crippen LogP contribution in [-0.2, 0) is 21.2 Å². The number of nitrogens with zero attached hydrogens (tertiary/aromatic N) is 3. The Morgan fingerprint density at radius 2 is 1.89 bits per heavy atom. The van der Waals surface area contributed by atoms with Gasteiger partial charge >= 0.3 is 0 Å². The van der Waals surface area contributed by atoms with Gasteiger partial charge in [0, 0.05) is 0 Å². The van der Waals surface area contributed by atoms with Crippen molar-refractivity contribution in [3.8, 4) is 17.6 Å². The zero-order valence-corrected chi connectivity index (χ0v) is 20.5. The minimum atomic E-state index is -3.55. The zero-order valence-electron chi connectivity index (χ0n) is 18.8. The van der Waals surface area contributed by atoms with Crippen molar-refractivity contribution in [2.75, 3.05) is 17.7 Å². The molecule has 0 radical (unpaired) electrons. The molecular formula is C23H21FN4O5S2. The van der Waals surface area contributed by atoms with Gasteiger partial charge in [-0.05, 0) is 48.4 Å². The van der Waals surface area contributed by atoms with Gasteiger partial charge in [-0.25, -0.2) is 12.8 Å². The monoisotopic (exact) mass is 516 g/mol. The van der Waals surface area contributed by atoms with E-state index in [1.807, 2.05) is 6.07 Å². The fourth-order valence-corrected chi connectivity index (χ4v) is 4.72. The van der Waals surface area contributed by atoms with E-state index in [9.17, 15) is 22.9 Å². The van der Waals surface area contributed by atoms with Crippen LogP contribution in [0.3, 0.4) is 0 Å². The number of nitrogens with one attached hydrogen (secondary N) is 1. The van der Waals surface area contributed by atoms with Crippen LogP contribution in [0, 0.1) is 17.1 Å². The Hall–Kier alpha value is -3.82. The Bertz CT molecular complexity index is 1380. The Balaban J connectivity index is 1.76. The fourth-order valence-electron chi connectivity index (χ4n) is 2.73. The molecule has 0 aliphatic rings. The number of amides is 1. The maximum atomic E-state index is 13.1. The number of carbonyl (C=O) groups excluding carboxylic acids is 1. The first kappa shape index (κ1) is 25.8. The molecule has 1 N–H and O–H groups in total. The average Bonchev–Trinajstić information content (AvgIpc) is 3.32. The predicted molar refractivity (Wildman–Crippen MR) is 128 cm³/mol. The van der Waals surface area contributed by atoms with Gasteiger partial charge in [0.15, 0.2) is 11.5 Å². The molecule has 3 rings (SSSR count). The van der Waals surface area contributed by atoms with E-state index in [1.54, 1.807) is 37.3 Å². The second kappa shape index (κ2) is 11.5. The molecular weight excluding hydrogens is 495 g/mol. The third-order valence-electron chi connectivity index (χ3n) is 4.52. The molecule has 3 aromatic rings. The van der Waals surface area contributed by atoms with Crippen molar-refractivity contribution in [1.82, 2.24) is 10.2 Å². The highest BCUT2D eigenvalue weighted by Crippen LogP contribution is 2.30. The highest BCUT2D eigenvalue weighted by molar-refractivity contribution is 7.93. The third-order valence-corrected chi connectivity index (χ3v) is 7.54. The van der Waals surface area contributed by atoms with E-state index in [2.05, 4.69) is 15.5 Å². The summed E-state index contributed by atoms with van der Waals surface area (Å²) in [6.45, 7) is 3.82. The molecule has 0 atom stereocenters. The lowest BCUT2D eigenvalue weighted by molar-refractivity contribution is -0.112. The highest BCUT2D eigenvalue weighted by atomic mass is 32.2. The molecule has 0 saturated heterocycles. The molecule has 1 amide bonds. The molecule has 2 aromatic carbocycles. The van der Waals surface area contributed by atoms with Gasteiger partial charge in [-0.3, -0.25) is 10.1 Å². The highest BCUT2D eigenvalue weighted by Gasteiger charge is 2.20. The molecule has 0 saturated carbocycles. The van der Waals surface area contributed by atoms with Crippen molar-refractivity contribution >= 4 is 38.3 Å². The van der Waals surface area contributed by atoms with Gasteiger partial charge in [0.1, 0.15) is 24.1 Å². The minimum absolute atomic E-state index is 0.0391. The maximum absolute atomic E-state index is 13.1. The summed E-state index contributed by atoms with van der Waals surface area (Å²) in [5.41, 5.74) is 1.04. The van der Waals surface area contributed by atoms with Crippen LogP contribution in [0.5, 0.6) is 11.5 Å². The maximum Gasteiger partial charge on any atom is 0.268 e. The van der Waals surface area contributed by atoms with Crippen LogP contribution in [0.25, 0.3) is 6.08 Å². The number of hydrogen-bond donors (Lipinski definition) is 1. The van der Waals surface area contributed by atoms with Crippen LogP contribution in [-0.4, -0.2) is 36.9 Å². The van der Waals surface area contributed by atoms with Crippen molar-refractivity contribution < 1.29 is 27.1 Å². The van der Waals surface area contributed by atoms with Crippen molar-refractivity contribution in [2.45, 2.75) is 24.8 Å². The van der Waals surface area contributed by atoms with E-state index < -0.39 is 15.7 Å². The van der Waals surface area contributed by atoms with Gasteiger partial charge < -0.3 is 9.47 Å². The van der Waals surface area contributed by atoms with Gasteiger partial charge in [0.25, 0.3) is 5.91 Å². The summed E-state index contributed by atoms with van der Waals surface area (Å²) >= 11 is 0.706. The lowest BCUT2D eigenvalue weighted by atomic mass is 10.1. The van der Waals surface area contributed by atoms with E-state index in [-0.39, 0.29) is 33.2 Å². The largest absolute Gasteiger partial charge is 0.490 e. The molecule has 35 heavy (non-hydrogen) atoms.